The van der Waals surface area contributed by atoms with Gasteiger partial charge < -0.3 is 5.32 Å². The zero-order valence-corrected chi connectivity index (χ0v) is 20.3. The maximum absolute atomic E-state index is 12.4. The zero-order chi connectivity index (χ0) is 24.0. The SMILES string of the molecule is O=C(C=Cc1cn(Cc2ccccc2)nc1-c1cccs1)NCCCn1nc2n(c1=O)CCCC2. The Hall–Kier alpha value is -3.72. The van der Waals surface area contributed by atoms with Gasteiger partial charge in [0.05, 0.1) is 11.4 Å². The lowest BCUT2D eigenvalue weighted by Gasteiger charge is -2.09. The van der Waals surface area contributed by atoms with E-state index >= 15 is 0 Å². The van der Waals surface area contributed by atoms with E-state index in [-0.39, 0.29) is 11.6 Å². The molecular formula is C26H28N6O2S. The molecule has 0 aliphatic carbocycles. The van der Waals surface area contributed by atoms with Crippen LogP contribution in [0.2, 0.25) is 0 Å². The summed E-state index contributed by atoms with van der Waals surface area (Å²) in [6.45, 7) is 2.39. The Morgan fingerprint density at radius 3 is 2.80 bits per heavy atom. The van der Waals surface area contributed by atoms with E-state index in [1.54, 1.807) is 22.0 Å². The number of thiophene rings is 1. The lowest BCUT2D eigenvalue weighted by atomic mass is 10.2. The smallest absolute Gasteiger partial charge is 0.345 e. The van der Waals surface area contributed by atoms with E-state index in [0.717, 1.165) is 47.8 Å². The molecule has 0 saturated heterocycles. The summed E-state index contributed by atoms with van der Waals surface area (Å²) < 4.78 is 5.20. The molecule has 180 valence electrons. The van der Waals surface area contributed by atoms with E-state index in [0.29, 0.717) is 26.1 Å². The van der Waals surface area contributed by atoms with Crippen molar-refractivity contribution in [3.63, 3.8) is 0 Å². The molecule has 1 aromatic carbocycles. The van der Waals surface area contributed by atoms with Crippen LogP contribution in [0.4, 0.5) is 0 Å². The van der Waals surface area contributed by atoms with Gasteiger partial charge >= 0.3 is 5.69 Å². The first-order valence-electron chi connectivity index (χ1n) is 11.9. The van der Waals surface area contributed by atoms with Crippen LogP contribution in [0.5, 0.6) is 0 Å². The molecule has 1 N–H and O–H groups in total. The molecule has 0 unspecified atom stereocenters. The minimum absolute atomic E-state index is 0.0421. The van der Waals surface area contributed by atoms with E-state index in [4.69, 9.17) is 5.10 Å². The molecule has 9 heteroatoms. The normalized spacial score (nSPS) is 13.3. The average molecular weight is 489 g/mol. The highest BCUT2D eigenvalue weighted by molar-refractivity contribution is 7.13. The topological polar surface area (TPSA) is 86.7 Å². The van der Waals surface area contributed by atoms with Gasteiger partial charge in [-0.2, -0.15) is 10.2 Å². The Kier molecular flexibility index (Phi) is 7.04. The number of aromatic nitrogens is 5. The van der Waals surface area contributed by atoms with E-state index in [9.17, 15) is 9.59 Å². The van der Waals surface area contributed by atoms with Gasteiger partial charge in [-0.05, 0) is 42.3 Å². The largest absolute Gasteiger partial charge is 0.352 e. The van der Waals surface area contributed by atoms with Crippen LogP contribution in [-0.2, 0) is 30.8 Å². The van der Waals surface area contributed by atoms with Gasteiger partial charge in [-0.1, -0.05) is 36.4 Å². The van der Waals surface area contributed by atoms with Crippen LogP contribution in [0.15, 0.2) is 64.9 Å². The Bertz CT molecular complexity index is 1360. The molecule has 0 saturated carbocycles. The monoisotopic (exact) mass is 488 g/mol. The summed E-state index contributed by atoms with van der Waals surface area (Å²) in [6, 6.07) is 14.2. The molecule has 1 amide bonds. The van der Waals surface area contributed by atoms with Crippen molar-refractivity contribution in [2.45, 2.75) is 45.3 Å². The molecule has 4 heterocycles. The average Bonchev–Trinajstić information content (AvgIpc) is 3.61. The Morgan fingerprint density at radius 1 is 1.11 bits per heavy atom. The summed E-state index contributed by atoms with van der Waals surface area (Å²) in [5.74, 6) is 0.706. The van der Waals surface area contributed by atoms with Crippen LogP contribution in [0, 0.1) is 0 Å². The number of nitrogens with zero attached hydrogens (tertiary/aromatic N) is 5. The second kappa shape index (κ2) is 10.7. The molecule has 1 aliphatic rings. The molecule has 0 fully saturated rings. The molecule has 0 atom stereocenters. The van der Waals surface area contributed by atoms with Gasteiger partial charge in [-0.3, -0.25) is 14.0 Å². The number of carbonyl (C=O) groups is 1. The summed E-state index contributed by atoms with van der Waals surface area (Å²) in [6.07, 6.45) is 8.94. The zero-order valence-electron chi connectivity index (χ0n) is 19.5. The van der Waals surface area contributed by atoms with Crippen molar-refractivity contribution < 1.29 is 4.79 Å². The summed E-state index contributed by atoms with van der Waals surface area (Å²) in [5, 5.41) is 14.1. The van der Waals surface area contributed by atoms with Crippen LogP contribution in [-0.4, -0.2) is 36.6 Å². The lowest BCUT2D eigenvalue weighted by molar-refractivity contribution is -0.116. The molecule has 5 rings (SSSR count). The van der Waals surface area contributed by atoms with Crippen molar-refractivity contribution in [1.29, 1.82) is 0 Å². The number of carbonyl (C=O) groups excluding carboxylic acids is 1. The third-order valence-electron chi connectivity index (χ3n) is 6.02. The lowest BCUT2D eigenvalue weighted by Crippen LogP contribution is -2.28. The second-order valence-corrected chi connectivity index (χ2v) is 9.55. The van der Waals surface area contributed by atoms with Crippen LogP contribution in [0.1, 0.15) is 36.2 Å². The molecule has 4 aromatic rings. The number of fused-ring (bicyclic) bond motifs is 1. The fourth-order valence-corrected chi connectivity index (χ4v) is 5.01. The Labute approximate surface area is 207 Å². The van der Waals surface area contributed by atoms with Crippen LogP contribution >= 0.6 is 11.3 Å². The number of nitrogens with one attached hydrogen (secondary N) is 1. The number of benzene rings is 1. The highest BCUT2D eigenvalue weighted by Gasteiger charge is 2.16. The van der Waals surface area contributed by atoms with Gasteiger partial charge in [0.25, 0.3) is 0 Å². The third kappa shape index (κ3) is 5.51. The van der Waals surface area contributed by atoms with Gasteiger partial charge in [-0.25, -0.2) is 9.48 Å². The molecule has 35 heavy (non-hydrogen) atoms. The van der Waals surface area contributed by atoms with E-state index < -0.39 is 0 Å². The number of aryl methyl sites for hydroxylation is 2. The molecule has 1 aliphatic heterocycles. The summed E-state index contributed by atoms with van der Waals surface area (Å²) >= 11 is 1.62. The van der Waals surface area contributed by atoms with E-state index in [1.807, 2.05) is 52.7 Å². The van der Waals surface area contributed by atoms with E-state index in [1.165, 1.54) is 10.2 Å². The van der Waals surface area contributed by atoms with Gasteiger partial charge in [0.1, 0.15) is 11.5 Å². The predicted octanol–water partition coefficient (Wildman–Crippen LogP) is 3.57. The van der Waals surface area contributed by atoms with Crippen LogP contribution in [0.25, 0.3) is 16.6 Å². The van der Waals surface area contributed by atoms with Gasteiger partial charge in [-0.15, -0.1) is 11.3 Å². The van der Waals surface area contributed by atoms with Gasteiger partial charge in [0.2, 0.25) is 5.91 Å². The standard InChI is InChI=1S/C26H28N6O2S/c33-24(27-14-7-16-32-26(34)31-15-5-4-11-23(31)28-32)13-12-21-19-30(18-20-8-2-1-3-9-20)29-25(21)22-10-6-17-35-22/h1-3,6,8-10,12-13,17,19H,4-5,7,11,14-16,18H2,(H,27,33). The van der Waals surface area contributed by atoms with Crippen molar-refractivity contribution in [2.75, 3.05) is 6.54 Å². The first-order valence-corrected chi connectivity index (χ1v) is 12.8. The predicted molar refractivity (Wildman–Crippen MR) is 137 cm³/mol. The number of amides is 1. The molecule has 3 aromatic heterocycles. The molecule has 0 radical (unpaired) electrons. The van der Waals surface area contributed by atoms with Crippen molar-refractivity contribution >= 4 is 23.3 Å². The Balaban J connectivity index is 1.19. The van der Waals surface area contributed by atoms with Crippen molar-refractivity contribution in [2.24, 2.45) is 0 Å². The molecule has 0 spiro atoms. The summed E-state index contributed by atoms with van der Waals surface area (Å²) in [4.78, 5) is 25.9. The first-order chi connectivity index (χ1) is 17.2. The van der Waals surface area contributed by atoms with E-state index in [2.05, 4.69) is 22.5 Å². The minimum Gasteiger partial charge on any atom is -0.352 e. The summed E-state index contributed by atoms with van der Waals surface area (Å²) in [5.41, 5.74) is 2.88. The first kappa shape index (κ1) is 23.0. The Morgan fingerprint density at radius 2 is 2.00 bits per heavy atom. The second-order valence-electron chi connectivity index (χ2n) is 8.60. The van der Waals surface area contributed by atoms with Crippen molar-refractivity contribution in [1.82, 2.24) is 29.4 Å². The highest BCUT2D eigenvalue weighted by atomic mass is 32.1. The molecule has 8 nitrogen and oxygen atoms in total. The molecular weight excluding hydrogens is 460 g/mol. The third-order valence-corrected chi connectivity index (χ3v) is 6.90. The number of rotatable bonds is 9. The number of hydrogen-bond acceptors (Lipinski definition) is 5. The van der Waals surface area contributed by atoms with Gasteiger partial charge in [0, 0.05) is 43.9 Å². The fraction of sp³-hybridized carbons (Fsp3) is 0.308. The minimum atomic E-state index is -0.172. The quantitative estimate of drug-likeness (QED) is 0.288. The van der Waals surface area contributed by atoms with Crippen LogP contribution in [0.3, 0.4) is 0 Å². The molecule has 0 bridgehead atoms. The van der Waals surface area contributed by atoms with Crippen molar-refractivity contribution in [3.05, 3.63) is 87.6 Å². The van der Waals surface area contributed by atoms with Crippen LogP contribution < -0.4 is 11.0 Å². The highest BCUT2D eigenvalue weighted by Crippen LogP contribution is 2.27. The van der Waals surface area contributed by atoms with Gasteiger partial charge in [0.15, 0.2) is 0 Å². The van der Waals surface area contributed by atoms with Crippen molar-refractivity contribution in [3.8, 4) is 10.6 Å². The maximum Gasteiger partial charge on any atom is 0.345 e. The fourth-order valence-electron chi connectivity index (χ4n) is 4.27. The maximum atomic E-state index is 12.4. The summed E-state index contributed by atoms with van der Waals surface area (Å²) in [7, 11) is 0. The number of hydrogen-bond donors (Lipinski definition) is 1.